The zero-order valence-electron chi connectivity index (χ0n) is 11.9. The quantitative estimate of drug-likeness (QED) is 0.653. The van der Waals surface area contributed by atoms with Crippen LogP contribution in [-0.2, 0) is 15.6 Å². The highest BCUT2D eigenvalue weighted by Gasteiger charge is 2.20. The Kier molecular flexibility index (Phi) is 5.89. The summed E-state index contributed by atoms with van der Waals surface area (Å²) in [6, 6.07) is 9.48. The second kappa shape index (κ2) is 7.54. The smallest absolute Gasteiger partial charge is 0.192 e. The van der Waals surface area contributed by atoms with Gasteiger partial charge in [-0.05, 0) is 41.5 Å². The van der Waals surface area contributed by atoms with Gasteiger partial charge in [-0.15, -0.1) is 0 Å². The lowest BCUT2D eigenvalue weighted by Crippen LogP contribution is -2.07. The summed E-state index contributed by atoms with van der Waals surface area (Å²) in [5.74, 6) is -1.03. The van der Waals surface area contributed by atoms with Crippen LogP contribution < -0.4 is 0 Å². The van der Waals surface area contributed by atoms with Crippen LogP contribution in [0.15, 0.2) is 41.3 Å². The Morgan fingerprint density at radius 3 is 2.42 bits per heavy atom. The largest absolute Gasteiger partial charge is 0.223 e. The number of allylic oxidation sites excluding steroid dienone is 1. The molecule has 2 aromatic carbocycles. The van der Waals surface area contributed by atoms with Crippen LogP contribution in [0.4, 0.5) is 4.39 Å². The minimum atomic E-state index is -3.97. The maximum atomic E-state index is 13.1. The van der Waals surface area contributed by atoms with Crippen molar-refractivity contribution in [3.63, 3.8) is 0 Å². The van der Waals surface area contributed by atoms with E-state index in [9.17, 15) is 18.1 Å². The highest BCUT2D eigenvalue weighted by atomic mass is 35.5. The number of nitrogens with zero attached hydrogens (tertiary/aromatic N) is 1. The second-order valence-electron chi connectivity index (χ2n) is 4.78. The third-order valence-corrected chi connectivity index (χ3v) is 5.54. The standard InChI is InChI=1S/C16H9Cl3FNO2S/c17-12-3-1-11(15(18)6-12)9-24(22,23)14(8-21)5-10-2-4-13(20)7-16(10)19/h1-7H,9H2/b14-5-. The molecular weight excluding hydrogens is 396 g/mol. The van der Waals surface area contributed by atoms with Crippen LogP contribution >= 0.6 is 34.8 Å². The van der Waals surface area contributed by atoms with Crippen molar-refractivity contribution in [1.82, 2.24) is 0 Å². The first kappa shape index (κ1) is 18.8. The van der Waals surface area contributed by atoms with Crippen molar-refractivity contribution in [2.75, 3.05) is 0 Å². The summed E-state index contributed by atoms with van der Waals surface area (Å²) in [5.41, 5.74) is 0.535. The molecule has 0 aliphatic carbocycles. The Bertz CT molecular complexity index is 966. The van der Waals surface area contributed by atoms with Crippen molar-refractivity contribution >= 4 is 50.7 Å². The summed E-state index contributed by atoms with van der Waals surface area (Å²) in [6.07, 6.45) is 1.10. The highest BCUT2D eigenvalue weighted by molar-refractivity contribution is 7.95. The minimum absolute atomic E-state index is 0.00229. The van der Waals surface area contributed by atoms with Gasteiger partial charge in [-0.2, -0.15) is 5.26 Å². The lowest BCUT2D eigenvalue weighted by molar-refractivity contribution is 0.602. The van der Waals surface area contributed by atoms with Gasteiger partial charge in [0.15, 0.2) is 9.84 Å². The Hall–Kier alpha value is -1.58. The number of rotatable bonds is 4. The molecule has 2 aromatic rings. The molecule has 0 atom stereocenters. The number of nitriles is 1. The van der Waals surface area contributed by atoms with Crippen molar-refractivity contribution in [1.29, 1.82) is 5.26 Å². The first-order valence-electron chi connectivity index (χ1n) is 6.46. The molecule has 0 heterocycles. The molecule has 0 aliphatic heterocycles. The Labute approximate surface area is 153 Å². The molecule has 0 fully saturated rings. The Morgan fingerprint density at radius 2 is 1.83 bits per heavy atom. The van der Waals surface area contributed by atoms with Crippen LogP contribution in [0.3, 0.4) is 0 Å². The number of sulfone groups is 1. The van der Waals surface area contributed by atoms with Gasteiger partial charge < -0.3 is 0 Å². The van der Waals surface area contributed by atoms with E-state index < -0.39 is 26.3 Å². The maximum absolute atomic E-state index is 13.1. The molecule has 0 aliphatic rings. The summed E-state index contributed by atoms with van der Waals surface area (Å²) >= 11 is 17.6. The van der Waals surface area contributed by atoms with Gasteiger partial charge in [-0.3, -0.25) is 0 Å². The van der Waals surface area contributed by atoms with Crippen molar-refractivity contribution < 1.29 is 12.8 Å². The zero-order chi connectivity index (χ0) is 17.9. The van der Waals surface area contributed by atoms with E-state index in [-0.39, 0.29) is 15.6 Å². The lowest BCUT2D eigenvalue weighted by atomic mass is 10.2. The summed E-state index contributed by atoms with van der Waals surface area (Å²) in [7, 11) is -3.97. The minimum Gasteiger partial charge on any atom is -0.223 e. The van der Waals surface area contributed by atoms with E-state index in [2.05, 4.69) is 0 Å². The molecule has 2 rings (SSSR count). The molecule has 124 valence electrons. The van der Waals surface area contributed by atoms with Gasteiger partial charge in [-0.1, -0.05) is 46.9 Å². The summed E-state index contributed by atoms with van der Waals surface area (Å²) in [5, 5.41) is 9.75. The van der Waals surface area contributed by atoms with E-state index in [1.165, 1.54) is 24.3 Å². The fourth-order valence-corrected chi connectivity index (χ4v) is 3.91. The van der Waals surface area contributed by atoms with Crippen molar-refractivity contribution in [3.05, 3.63) is 73.3 Å². The maximum Gasteiger partial charge on any atom is 0.192 e. The van der Waals surface area contributed by atoms with Gasteiger partial charge >= 0.3 is 0 Å². The molecule has 0 aromatic heterocycles. The van der Waals surface area contributed by atoms with Gasteiger partial charge in [0.05, 0.1) is 10.8 Å². The van der Waals surface area contributed by atoms with Gasteiger partial charge in [-0.25, -0.2) is 12.8 Å². The molecule has 3 nitrogen and oxygen atoms in total. The molecule has 8 heteroatoms. The lowest BCUT2D eigenvalue weighted by Gasteiger charge is -2.06. The first-order valence-corrected chi connectivity index (χ1v) is 9.25. The third-order valence-electron chi connectivity index (χ3n) is 3.05. The van der Waals surface area contributed by atoms with Gasteiger partial charge in [0.1, 0.15) is 16.8 Å². The fourth-order valence-electron chi connectivity index (χ4n) is 1.87. The molecule has 0 N–H and O–H groups in total. The van der Waals surface area contributed by atoms with Gasteiger partial charge in [0.2, 0.25) is 0 Å². The third kappa shape index (κ3) is 4.49. The average Bonchev–Trinajstić information content (AvgIpc) is 2.49. The summed E-state index contributed by atoms with van der Waals surface area (Å²) in [6.45, 7) is 0. The Balaban J connectivity index is 2.41. The normalized spacial score (nSPS) is 12.0. The Morgan fingerprint density at radius 1 is 1.12 bits per heavy atom. The first-order chi connectivity index (χ1) is 11.2. The number of benzene rings is 2. The van der Waals surface area contributed by atoms with E-state index in [1.54, 1.807) is 6.07 Å². The predicted molar refractivity (Wildman–Crippen MR) is 94.1 cm³/mol. The second-order valence-corrected chi connectivity index (χ2v) is 7.99. The van der Waals surface area contributed by atoms with Gasteiger partial charge in [0, 0.05) is 10.0 Å². The number of hydrogen-bond donors (Lipinski definition) is 0. The van der Waals surface area contributed by atoms with Crippen LogP contribution in [-0.4, -0.2) is 8.42 Å². The van der Waals surface area contributed by atoms with E-state index >= 15 is 0 Å². The molecule has 0 saturated heterocycles. The van der Waals surface area contributed by atoms with Crippen LogP contribution in [0.25, 0.3) is 6.08 Å². The highest BCUT2D eigenvalue weighted by Crippen LogP contribution is 2.27. The molecule has 0 saturated carbocycles. The van der Waals surface area contributed by atoms with Crippen molar-refractivity contribution in [2.45, 2.75) is 5.75 Å². The van der Waals surface area contributed by atoms with E-state index in [0.29, 0.717) is 10.6 Å². The zero-order valence-corrected chi connectivity index (χ0v) is 15.0. The van der Waals surface area contributed by atoms with E-state index in [1.807, 2.05) is 0 Å². The van der Waals surface area contributed by atoms with Crippen LogP contribution in [0.1, 0.15) is 11.1 Å². The molecule has 0 amide bonds. The van der Waals surface area contributed by atoms with Crippen molar-refractivity contribution in [3.8, 4) is 6.07 Å². The SMILES string of the molecule is N#C/C(=C/c1ccc(F)cc1Cl)S(=O)(=O)Cc1ccc(Cl)cc1Cl. The predicted octanol–water partition coefficient (Wildman–Crippen LogP) is 5.27. The van der Waals surface area contributed by atoms with Crippen molar-refractivity contribution in [2.24, 2.45) is 0 Å². The van der Waals surface area contributed by atoms with E-state index in [4.69, 9.17) is 34.8 Å². The average molecular weight is 405 g/mol. The van der Waals surface area contributed by atoms with Gasteiger partial charge in [0.25, 0.3) is 0 Å². The van der Waals surface area contributed by atoms with Crippen LogP contribution in [0.5, 0.6) is 0 Å². The van der Waals surface area contributed by atoms with E-state index in [0.717, 1.165) is 18.2 Å². The molecule has 0 bridgehead atoms. The molecule has 0 unspecified atom stereocenters. The topological polar surface area (TPSA) is 57.9 Å². The summed E-state index contributed by atoms with van der Waals surface area (Å²) in [4.78, 5) is -0.498. The molecule has 0 radical (unpaired) electrons. The number of hydrogen-bond acceptors (Lipinski definition) is 3. The molecule has 0 spiro atoms. The number of halogens is 4. The fraction of sp³-hybridized carbons (Fsp3) is 0.0625. The van der Waals surface area contributed by atoms with Crippen LogP contribution in [0.2, 0.25) is 15.1 Å². The monoisotopic (exact) mass is 403 g/mol. The molecule has 24 heavy (non-hydrogen) atoms. The summed E-state index contributed by atoms with van der Waals surface area (Å²) < 4.78 is 38.0. The molecular formula is C16H9Cl3FNO2S. The van der Waals surface area contributed by atoms with Crippen LogP contribution in [0, 0.1) is 17.1 Å².